The molecule has 0 saturated carbocycles. The molecule has 4 aromatic rings. The third kappa shape index (κ3) is 11.0. The maximum atomic E-state index is 14.7. The van der Waals surface area contributed by atoms with E-state index in [-0.39, 0.29) is 18.2 Å². The van der Waals surface area contributed by atoms with Gasteiger partial charge in [0.2, 0.25) is 0 Å². The van der Waals surface area contributed by atoms with E-state index in [1.807, 2.05) is 30.3 Å². The molecule has 6 atom stereocenters. The molecule has 0 amide bonds. The van der Waals surface area contributed by atoms with Crippen LogP contribution in [0.4, 0.5) is 5.82 Å². The SMILES string of the molecule is CC(C)C(=O)O[C@H]1[C@H](c2ccc3c(N)ncnn23)O[C@](C)(COP(=O)(N[C@@H](C)C(=O)OCC(C)(C)OCc2ccccc2)Oc2ccccc2)[C@H]1OC(=O)C(C)C. The van der Waals surface area contributed by atoms with Gasteiger partial charge < -0.3 is 33.9 Å². The van der Waals surface area contributed by atoms with Gasteiger partial charge in [0.15, 0.2) is 18.0 Å². The molecule has 0 aliphatic carbocycles. The summed E-state index contributed by atoms with van der Waals surface area (Å²) in [7, 11) is -4.48. The molecule has 1 aliphatic heterocycles. The van der Waals surface area contributed by atoms with Crippen molar-refractivity contribution in [2.24, 2.45) is 11.8 Å². The van der Waals surface area contributed by atoms with Crippen LogP contribution in [0.1, 0.15) is 72.8 Å². The molecule has 17 heteroatoms. The van der Waals surface area contributed by atoms with Crippen molar-refractivity contribution in [2.45, 2.75) is 97.6 Å². The Bertz CT molecular complexity index is 2050. The Labute approximate surface area is 332 Å². The maximum Gasteiger partial charge on any atom is 0.459 e. The van der Waals surface area contributed by atoms with Crippen LogP contribution in [0.25, 0.3) is 5.52 Å². The van der Waals surface area contributed by atoms with E-state index in [1.54, 1.807) is 90.9 Å². The molecule has 0 spiro atoms. The average molecular weight is 810 g/mol. The summed E-state index contributed by atoms with van der Waals surface area (Å²) >= 11 is 0. The van der Waals surface area contributed by atoms with E-state index in [4.69, 9.17) is 38.5 Å². The number of benzene rings is 2. The molecule has 16 nitrogen and oxygen atoms in total. The second kappa shape index (κ2) is 18.2. The van der Waals surface area contributed by atoms with E-state index in [1.165, 1.54) is 17.8 Å². The van der Waals surface area contributed by atoms with Gasteiger partial charge in [-0.05, 0) is 57.5 Å². The zero-order chi connectivity index (χ0) is 41.5. The first-order valence-corrected chi connectivity index (χ1v) is 20.2. The summed E-state index contributed by atoms with van der Waals surface area (Å²) in [5, 5.41) is 7.02. The van der Waals surface area contributed by atoms with E-state index < -0.39 is 79.7 Å². The number of rotatable bonds is 18. The van der Waals surface area contributed by atoms with Gasteiger partial charge in [0, 0.05) is 0 Å². The van der Waals surface area contributed by atoms with Gasteiger partial charge in [-0.25, -0.2) is 14.1 Å². The smallest absolute Gasteiger partial charge is 0.459 e. The van der Waals surface area contributed by atoms with Gasteiger partial charge in [-0.1, -0.05) is 76.2 Å². The predicted octanol–water partition coefficient (Wildman–Crippen LogP) is 6.00. The molecule has 3 heterocycles. The monoisotopic (exact) mass is 809 g/mol. The highest BCUT2D eigenvalue weighted by Crippen LogP contribution is 2.50. The number of ether oxygens (including phenoxy) is 5. The molecule has 1 aliphatic rings. The lowest BCUT2D eigenvalue weighted by Crippen LogP contribution is -2.49. The van der Waals surface area contributed by atoms with Crippen molar-refractivity contribution >= 4 is 37.0 Å². The van der Waals surface area contributed by atoms with E-state index in [0.717, 1.165) is 5.56 Å². The van der Waals surface area contributed by atoms with Crippen LogP contribution in [-0.2, 0) is 53.8 Å². The van der Waals surface area contributed by atoms with E-state index >= 15 is 0 Å². The highest BCUT2D eigenvalue weighted by molar-refractivity contribution is 7.52. The molecule has 57 heavy (non-hydrogen) atoms. The van der Waals surface area contributed by atoms with Crippen molar-refractivity contribution < 1.29 is 51.7 Å². The largest absolute Gasteiger partial charge is 0.461 e. The molecular weight excluding hydrogens is 757 g/mol. The van der Waals surface area contributed by atoms with Gasteiger partial charge in [0.1, 0.15) is 41.9 Å². The third-order valence-electron chi connectivity index (χ3n) is 9.07. The topological polar surface area (TPSA) is 201 Å². The lowest BCUT2D eigenvalue weighted by Gasteiger charge is -2.33. The number of carbonyl (C=O) groups excluding carboxylic acids is 3. The van der Waals surface area contributed by atoms with Crippen molar-refractivity contribution in [3.05, 3.63) is 90.4 Å². The number of aromatic nitrogens is 3. The number of esters is 3. The molecular formula is C40H52N5O11P. The van der Waals surface area contributed by atoms with Gasteiger partial charge >= 0.3 is 25.7 Å². The minimum atomic E-state index is -4.48. The van der Waals surface area contributed by atoms with Gasteiger partial charge in [0.05, 0.1) is 36.3 Å². The third-order valence-corrected chi connectivity index (χ3v) is 10.7. The van der Waals surface area contributed by atoms with E-state index in [0.29, 0.717) is 17.8 Å². The number of nitrogen functional groups attached to an aromatic ring is 1. The van der Waals surface area contributed by atoms with Crippen LogP contribution in [0.2, 0.25) is 0 Å². The van der Waals surface area contributed by atoms with Crippen LogP contribution in [0.3, 0.4) is 0 Å². The van der Waals surface area contributed by atoms with Crippen molar-refractivity contribution in [2.75, 3.05) is 18.9 Å². The predicted molar refractivity (Wildman–Crippen MR) is 209 cm³/mol. The van der Waals surface area contributed by atoms with Crippen molar-refractivity contribution in [3.8, 4) is 5.75 Å². The fourth-order valence-corrected chi connectivity index (χ4v) is 7.37. The minimum absolute atomic E-state index is 0.104. The maximum absolute atomic E-state index is 14.7. The first-order chi connectivity index (χ1) is 26.9. The summed E-state index contributed by atoms with van der Waals surface area (Å²) in [6, 6.07) is 20.0. The number of hydrogen-bond donors (Lipinski definition) is 2. The lowest BCUT2D eigenvalue weighted by atomic mass is 9.95. The van der Waals surface area contributed by atoms with Gasteiger partial charge in [-0.15, -0.1) is 0 Å². The molecule has 1 saturated heterocycles. The van der Waals surface area contributed by atoms with Crippen LogP contribution in [0.15, 0.2) is 79.1 Å². The van der Waals surface area contributed by atoms with Crippen molar-refractivity contribution in [1.82, 2.24) is 19.7 Å². The molecule has 308 valence electrons. The Kier molecular flexibility index (Phi) is 13.8. The van der Waals surface area contributed by atoms with Crippen molar-refractivity contribution in [1.29, 1.82) is 0 Å². The Morgan fingerprint density at radius 2 is 1.56 bits per heavy atom. The second-order valence-electron chi connectivity index (χ2n) is 15.3. The second-order valence-corrected chi connectivity index (χ2v) is 17.0. The van der Waals surface area contributed by atoms with Gasteiger partial charge in [0.25, 0.3) is 0 Å². The quantitative estimate of drug-likeness (QED) is 0.0673. The summed E-state index contributed by atoms with van der Waals surface area (Å²) in [4.78, 5) is 43.8. The highest BCUT2D eigenvalue weighted by Gasteiger charge is 2.59. The number of nitrogens with one attached hydrogen (secondary N) is 1. The van der Waals surface area contributed by atoms with E-state index in [2.05, 4.69) is 15.2 Å². The molecule has 5 rings (SSSR count). The normalized spacial score (nSPS) is 21.3. The number of para-hydroxylation sites is 1. The highest BCUT2D eigenvalue weighted by atomic mass is 31.2. The van der Waals surface area contributed by atoms with Gasteiger partial charge in [-0.2, -0.15) is 10.2 Å². The fraction of sp³-hybridized carbons (Fsp3) is 0.475. The number of hydrogen-bond acceptors (Lipinski definition) is 14. The summed E-state index contributed by atoms with van der Waals surface area (Å²) in [6.45, 7) is 12.9. The van der Waals surface area contributed by atoms with Crippen LogP contribution in [0, 0.1) is 11.8 Å². The summed E-state index contributed by atoms with van der Waals surface area (Å²) in [5.41, 5.74) is 5.46. The molecule has 3 N–H and O–H groups in total. The summed E-state index contributed by atoms with van der Waals surface area (Å²) in [6.07, 6.45) is -2.35. The number of anilines is 1. The molecule has 1 fully saturated rings. The Hall–Kier alpha value is -4.86. The zero-order valence-corrected chi connectivity index (χ0v) is 34.3. The van der Waals surface area contributed by atoms with Crippen LogP contribution in [0.5, 0.6) is 5.75 Å². The van der Waals surface area contributed by atoms with Crippen LogP contribution in [-0.4, -0.2) is 75.2 Å². The molecule has 0 radical (unpaired) electrons. The number of carbonyl (C=O) groups is 3. The number of fused-ring (bicyclic) bond motifs is 1. The summed E-state index contributed by atoms with van der Waals surface area (Å²) < 4.78 is 58.5. The first-order valence-electron chi connectivity index (χ1n) is 18.7. The van der Waals surface area contributed by atoms with E-state index in [9.17, 15) is 18.9 Å². The summed E-state index contributed by atoms with van der Waals surface area (Å²) in [5.74, 6) is -2.71. The zero-order valence-electron chi connectivity index (χ0n) is 33.4. The van der Waals surface area contributed by atoms with Crippen LogP contribution < -0.4 is 15.3 Å². The number of nitrogens with two attached hydrogens (primary N) is 1. The fourth-order valence-electron chi connectivity index (χ4n) is 5.79. The standard InChI is InChI=1S/C40H52N5O11P/c1-25(2)36(46)53-33-32(30-19-20-31-35(41)42-24-43-45(30)31)55-40(8,34(33)54-37(47)26(3)4)23-52-57(49,56-29-17-13-10-14-18-29)44-27(5)38(48)50-22-39(6,7)51-21-28-15-11-9-12-16-28/h9-20,24-27,32-34H,21-23H2,1-8H3,(H,44,49)(H2,41,42,43)/t27-,32-,33-,34-,40+,57?/m0/s1. The molecule has 2 aromatic carbocycles. The average Bonchev–Trinajstić information content (AvgIpc) is 3.72. The lowest BCUT2D eigenvalue weighted by molar-refractivity contribution is -0.175. The molecule has 0 bridgehead atoms. The Morgan fingerprint density at radius 3 is 2.21 bits per heavy atom. The van der Waals surface area contributed by atoms with Gasteiger partial charge in [-0.3, -0.25) is 18.9 Å². The Balaban J connectivity index is 1.41. The number of nitrogens with zero attached hydrogens (tertiary/aromatic N) is 3. The minimum Gasteiger partial charge on any atom is -0.461 e. The molecule has 2 aromatic heterocycles. The Morgan fingerprint density at radius 1 is 0.930 bits per heavy atom. The molecule has 1 unspecified atom stereocenters. The first kappa shape index (κ1) is 43.3. The van der Waals surface area contributed by atoms with Crippen LogP contribution >= 0.6 is 7.75 Å². The van der Waals surface area contributed by atoms with Crippen molar-refractivity contribution in [3.63, 3.8) is 0 Å².